The average molecular weight is 320 g/mol. The zero-order valence-corrected chi connectivity index (χ0v) is 12.7. The van der Waals surface area contributed by atoms with Gasteiger partial charge in [0.25, 0.3) is 5.91 Å². The van der Waals surface area contributed by atoms with Crippen LogP contribution in [0.5, 0.6) is 0 Å². The van der Waals surface area contributed by atoms with Gasteiger partial charge in [0.15, 0.2) is 0 Å². The van der Waals surface area contributed by atoms with Crippen molar-refractivity contribution >= 4 is 17.2 Å². The van der Waals surface area contributed by atoms with Crippen LogP contribution in [0.1, 0.15) is 27.7 Å². The smallest absolute Gasteiger partial charge is 0.257 e. The van der Waals surface area contributed by atoms with E-state index in [0.29, 0.717) is 6.54 Å². The van der Waals surface area contributed by atoms with Crippen molar-refractivity contribution in [2.45, 2.75) is 13.3 Å². The van der Waals surface area contributed by atoms with Crippen molar-refractivity contribution in [1.82, 2.24) is 5.32 Å². The first-order chi connectivity index (χ1) is 10.5. The fraction of sp³-hybridized carbons (Fsp3) is 0.250. The third-order valence-corrected chi connectivity index (χ3v) is 4.04. The van der Waals surface area contributed by atoms with Crippen LogP contribution in [0.25, 0.3) is 0 Å². The molecule has 0 radical (unpaired) electrons. The summed E-state index contributed by atoms with van der Waals surface area (Å²) in [6.07, 6.45) is 0.788. The van der Waals surface area contributed by atoms with Gasteiger partial charge in [0.2, 0.25) is 0 Å². The Hall–Kier alpha value is -2.26. The Morgan fingerprint density at radius 2 is 2.09 bits per heavy atom. The first-order valence-corrected chi connectivity index (χ1v) is 7.59. The van der Waals surface area contributed by atoms with E-state index in [4.69, 9.17) is 5.26 Å². The number of thiophene rings is 1. The van der Waals surface area contributed by atoms with Crippen LogP contribution in [0, 0.1) is 28.9 Å². The maximum atomic E-state index is 13.7. The van der Waals surface area contributed by atoms with E-state index in [0.717, 1.165) is 18.6 Å². The van der Waals surface area contributed by atoms with Crippen LogP contribution in [-0.4, -0.2) is 12.5 Å². The number of halogens is 2. The molecule has 0 aliphatic rings. The van der Waals surface area contributed by atoms with Gasteiger partial charge in [-0.15, -0.1) is 11.3 Å². The number of benzene rings is 1. The predicted molar refractivity (Wildman–Crippen MR) is 80.6 cm³/mol. The number of nitriles is 1. The second-order valence-corrected chi connectivity index (χ2v) is 6.06. The molecule has 6 heteroatoms. The molecular formula is C16H14F2N2OS. The van der Waals surface area contributed by atoms with Crippen molar-refractivity contribution in [3.8, 4) is 6.07 Å². The average Bonchev–Trinajstić information content (AvgIpc) is 2.97. The Balaban J connectivity index is 1.99. The lowest BCUT2D eigenvalue weighted by Crippen LogP contribution is -2.30. The summed E-state index contributed by atoms with van der Waals surface area (Å²) in [7, 11) is 0. The topological polar surface area (TPSA) is 52.9 Å². The minimum Gasteiger partial charge on any atom is -0.352 e. The number of nitrogens with one attached hydrogen (secondary N) is 1. The Kier molecular flexibility index (Phi) is 5.23. The number of rotatable bonds is 5. The largest absolute Gasteiger partial charge is 0.352 e. The van der Waals surface area contributed by atoms with Crippen molar-refractivity contribution in [3.63, 3.8) is 0 Å². The molecule has 1 atom stereocenters. The van der Waals surface area contributed by atoms with Crippen LogP contribution >= 0.6 is 11.3 Å². The number of nitrogens with zero attached hydrogens (tertiary/aromatic N) is 1. The highest BCUT2D eigenvalue weighted by molar-refractivity contribution is 7.09. The molecule has 1 unspecified atom stereocenters. The molecule has 22 heavy (non-hydrogen) atoms. The highest BCUT2D eigenvalue weighted by Crippen LogP contribution is 2.16. The Morgan fingerprint density at radius 3 is 2.64 bits per heavy atom. The lowest BCUT2D eigenvalue weighted by Gasteiger charge is -2.12. The molecule has 114 valence electrons. The summed E-state index contributed by atoms with van der Waals surface area (Å²) in [5.74, 6) is -2.72. The maximum absolute atomic E-state index is 13.7. The van der Waals surface area contributed by atoms with Crippen LogP contribution in [0.3, 0.4) is 0 Å². The van der Waals surface area contributed by atoms with Gasteiger partial charge in [-0.3, -0.25) is 4.79 Å². The maximum Gasteiger partial charge on any atom is 0.257 e. The van der Waals surface area contributed by atoms with Gasteiger partial charge in [-0.25, -0.2) is 8.78 Å². The molecule has 0 aliphatic carbocycles. The van der Waals surface area contributed by atoms with Crippen molar-refractivity contribution < 1.29 is 13.6 Å². The molecular weight excluding hydrogens is 306 g/mol. The van der Waals surface area contributed by atoms with Gasteiger partial charge in [-0.2, -0.15) is 5.26 Å². The summed E-state index contributed by atoms with van der Waals surface area (Å²) in [4.78, 5) is 13.1. The minimum absolute atomic E-state index is 0.145. The summed E-state index contributed by atoms with van der Waals surface area (Å²) in [5.41, 5.74) is -0.806. The molecule has 1 aromatic heterocycles. The molecule has 2 aromatic rings. The van der Waals surface area contributed by atoms with E-state index in [-0.39, 0.29) is 11.5 Å². The first-order valence-electron chi connectivity index (χ1n) is 6.71. The van der Waals surface area contributed by atoms with E-state index in [1.165, 1.54) is 4.88 Å². The minimum atomic E-state index is -1.03. The number of carbonyl (C=O) groups excluding carboxylic acids is 1. The molecule has 0 bridgehead atoms. The van der Waals surface area contributed by atoms with Crippen molar-refractivity contribution in [2.75, 3.05) is 6.54 Å². The second kappa shape index (κ2) is 7.14. The van der Waals surface area contributed by atoms with Gasteiger partial charge >= 0.3 is 0 Å². The molecule has 1 N–H and O–H groups in total. The molecule has 1 heterocycles. The quantitative estimate of drug-likeness (QED) is 0.916. The Labute approximate surface area is 131 Å². The molecule has 3 nitrogen and oxygen atoms in total. The van der Waals surface area contributed by atoms with Gasteiger partial charge in [0.05, 0.1) is 11.6 Å². The lowest BCUT2D eigenvalue weighted by molar-refractivity contribution is 0.0939. The fourth-order valence-corrected chi connectivity index (χ4v) is 2.92. The molecule has 0 saturated heterocycles. The van der Waals surface area contributed by atoms with Gasteiger partial charge in [-0.1, -0.05) is 13.0 Å². The Morgan fingerprint density at radius 1 is 1.41 bits per heavy atom. The van der Waals surface area contributed by atoms with Crippen LogP contribution in [-0.2, 0) is 6.42 Å². The van der Waals surface area contributed by atoms with Gasteiger partial charge in [0, 0.05) is 11.4 Å². The molecule has 0 fully saturated rings. The number of amides is 1. The van der Waals surface area contributed by atoms with Crippen LogP contribution in [0.2, 0.25) is 0 Å². The van der Waals surface area contributed by atoms with Crippen LogP contribution in [0.15, 0.2) is 29.6 Å². The van der Waals surface area contributed by atoms with E-state index >= 15 is 0 Å². The summed E-state index contributed by atoms with van der Waals surface area (Å²) >= 11 is 1.63. The number of carbonyl (C=O) groups is 1. The monoisotopic (exact) mass is 320 g/mol. The molecule has 0 saturated carbocycles. The Bertz CT molecular complexity index is 684. The number of hydrogen-bond donors (Lipinski definition) is 1. The summed E-state index contributed by atoms with van der Waals surface area (Å²) in [6.45, 7) is 2.26. The van der Waals surface area contributed by atoms with Crippen LogP contribution in [0.4, 0.5) is 8.78 Å². The van der Waals surface area contributed by atoms with E-state index in [1.807, 2.05) is 24.4 Å². The molecule has 0 spiro atoms. The zero-order valence-electron chi connectivity index (χ0n) is 11.9. The third kappa shape index (κ3) is 3.89. The molecule has 1 amide bonds. The van der Waals surface area contributed by atoms with E-state index in [2.05, 4.69) is 5.32 Å². The van der Waals surface area contributed by atoms with Gasteiger partial charge in [-0.05, 0) is 35.9 Å². The second-order valence-electron chi connectivity index (χ2n) is 5.03. The van der Waals surface area contributed by atoms with Gasteiger partial charge < -0.3 is 5.32 Å². The standard InChI is InChI=1S/C16H14F2N2OS/c1-10(5-12-3-2-4-22-12)9-20-16(21)15-13(17)6-11(8-19)7-14(15)18/h2-4,6-7,10H,5,9H2,1H3,(H,20,21). The summed E-state index contributed by atoms with van der Waals surface area (Å²) in [5, 5.41) is 13.1. The third-order valence-electron chi connectivity index (χ3n) is 3.14. The van der Waals surface area contributed by atoms with Crippen molar-refractivity contribution in [1.29, 1.82) is 5.26 Å². The highest BCUT2D eigenvalue weighted by Gasteiger charge is 2.19. The first kappa shape index (κ1) is 16.1. The summed E-state index contributed by atoms with van der Waals surface area (Å²) in [6, 6.07) is 7.30. The normalized spacial score (nSPS) is 11.7. The van der Waals surface area contributed by atoms with Crippen molar-refractivity contribution in [2.24, 2.45) is 5.92 Å². The predicted octanol–water partition coefficient (Wildman–Crippen LogP) is 3.51. The zero-order chi connectivity index (χ0) is 16.1. The fourth-order valence-electron chi connectivity index (χ4n) is 2.05. The highest BCUT2D eigenvalue weighted by atomic mass is 32.1. The molecule has 2 rings (SSSR count). The van der Waals surface area contributed by atoms with Crippen molar-refractivity contribution in [3.05, 3.63) is 57.3 Å². The summed E-state index contributed by atoms with van der Waals surface area (Å²) < 4.78 is 27.5. The van der Waals surface area contributed by atoms with E-state index < -0.39 is 23.1 Å². The van der Waals surface area contributed by atoms with Gasteiger partial charge in [0.1, 0.15) is 17.2 Å². The lowest BCUT2D eigenvalue weighted by atomic mass is 10.1. The van der Waals surface area contributed by atoms with E-state index in [1.54, 1.807) is 17.4 Å². The molecule has 1 aromatic carbocycles. The number of hydrogen-bond acceptors (Lipinski definition) is 3. The SMILES string of the molecule is CC(CNC(=O)c1c(F)cc(C#N)cc1F)Cc1cccs1. The van der Waals surface area contributed by atoms with Crippen LogP contribution < -0.4 is 5.32 Å². The van der Waals surface area contributed by atoms with E-state index in [9.17, 15) is 13.6 Å². The molecule has 0 aliphatic heterocycles.